The molecule has 1 amide bonds. The number of carbonyl (C=O) groups is 1. The van der Waals surface area contributed by atoms with Crippen LogP contribution in [0.1, 0.15) is 33.6 Å². The Balaban J connectivity index is 1.52. The Kier molecular flexibility index (Phi) is 6.27. The van der Waals surface area contributed by atoms with E-state index in [0.717, 1.165) is 52.0 Å². The second-order valence-electron chi connectivity index (χ2n) is 8.36. The van der Waals surface area contributed by atoms with Crippen LogP contribution in [0, 0.1) is 0 Å². The fraction of sp³-hybridized carbons (Fsp3) is 0.138. The molecule has 0 atom stereocenters. The van der Waals surface area contributed by atoms with Crippen LogP contribution >= 0.6 is 0 Å². The zero-order valence-corrected chi connectivity index (χ0v) is 18.7. The predicted molar refractivity (Wildman–Crippen MR) is 135 cm³/mol. The van der Waals surface area contributed by atoms with E-state index in [2.05, 4.69) is 5.32 Å². The highest BCUT2D eigenvalue weighted by Gasteiger charge is 2.22. The molecule has 0 spiro atoms. The number of hydrogen-bond acceptors (Lipinski definition) is 4. The van der Waals surface area contributed by atoms with Crippen molar-refractivity contribution in [3.8, 4) is 11.3 Å². The number of hydrogen-bond donors (Lipinski definition) is 2. The van der Waals surface area contributed by atoms with Gasteiger partial charge >= 0.3 is 0 Å². The molecular formula is C29H25N3O2. The summed E-state index contributed by atoms with van der Waals surface area (Å²) in [4.78, 5) is 22.6. The molecular weight excluding hydrogens is 422 g/mol. The molecule has 1 aliphatic rings. The van der Waals surface area contributed by atoms with Crippen molar-refractivity contribution in [1.82, 2.24) is 9.97 Å². The number of amides is 1. The normalized spacial score (nSPS) is 12.3. The number of rotatable bonds is 6. The van der Waals surface area contributed by atoms with Crippen LogP contribution in [0.4, 0.5) is 5.82 Å². The third-order valence-electron chi connectivity index (χ3n) is 5.93. The molecule has 0 radical (unpaired) electrons. The second-order valence-corrected chi connectivity index (χ2v) is 8.36. The minimum atomic E-state index is -0.126. The summed E-state index contributed by atoms with van der Waals surface area (Å²) in [5.41, 5.74) is 7.38. The highest BCUT2D eigenvalue weighted by molar-refractivity contribution is 5.93. The lowest BCUT2D eigenvalue weighted by molar-refractivity contribution is -0.115. The largest absolute Gasteiger partial charge is 0.392 e. The molecule has 168 valence electrons. The van der Waals surface area contributed by atoms with Crippen LogP contribution in [-0.2, 0) is 30.7 Å². The average Bonchev–Trinajstić information content (AvgIpc) is 2.88. The van der Waals surface area contributed by atoms with Crippen LogP contribution in [0.5, 0.6) is 0 Å². The van der Waals surface area contributed by atoms with Gasteiger partial charge in [0.05, 0.1) is 24.4 Å². The standard InChI is InChI=1S/C29H25N3O2/c33-19-22-11-14-24-23(17-22)13-16-25-28(24)30-26(15-12-20-7-3-1-4-8-20)29(31-25)32-27(34)18-21-9-5-2-6-10-21/h1-12,14-15,17,33H,13,16,18-19H2,(H,31,32,34). The fourth-order valence-electron chi connectivity index (χ4n) is 4.21. The van der Waals surface area contributed by atoms with Gasteiger partial charge in [0.25, 0.3) is 0 Å². The van der Waals surface area contributed by atoms with Crippen LogP contribution in [0.3, 0.4) is 0 Å². The number of benzene rings is 3. The highest BCUT2D eigenvalue weighted by atomic mass is 16.3. The molecule has 0 fully saturated rings. The summed E-state index contributed by atoms with van der Waals surface area (Å²) in [6.45, 7) is 0.0171. The maximum atomic E-state index is 12.8. The van der Waals surface area contributed by atoms with Crippen molar-refractivity contribution in [3.63, 3.8) is 0 Å². The van der Waals surface area contributed by atoms with E-state index in [9.17, 15) is 9.90 Å². The van der Waals surface area contributed by atoms with E-state index in [1.807, 2.05) is 91.0 Å². The summed E-state index contributed by atoms with van der Waals surface area (Å²) in [5.74, 6) is 0.348. The first kappa shape index (κ1) is 21.7. The summed E-state index contributed by atoms with van der Waals surface area (Å²) in [6.07, 6.45) is 5.70. The van der Waals surface area contributed by atoms with Crippen molar-refractivity contribution < 1.29 is 9.90 Å². The molecule has 5 nitrogen and oxygen atoms in total. The van der Waals surface area contributed by atoms with E-state index in [0.29, 0.717) is 11.5 Å². The Labute approximate surface area is 198 Å². The van der Waals surface area contributed by atoms with E-state index in [-0.39, 0.29) is 18.9 Å². The van der Waals surface area contributed by atoms with Crippen molar-refractivity contribution >= 4 is 23.9 Å². The molecule has 0 bridgehead atoms. The smallest absolute Gasteiger partial charge is 0.230 e. The molecule has 4 aromatic rings. The topological polar surface area (TPSA) is 75.1 Å². The van der Waals surface area contributed by atoms with Crippen LogP contribution in [0.15, 0.2) is 78.9 Å². The maximum Gasteiger partial charge on any atom is 0.230 e. The minimum absolute atomic E-state index is 0.0171. The molecule has 5 heteroatoms. The van der Waals surface area contributed by atoms with E-state index < -0.39 is 0 Å². The number of anilines is 1. The Morgan fingerprint density at radius 1 is 0.882 bits per heavy atom. The van der Waals surface area contributed by atoms with Gasteiger partial charge in [-0.2, -0.15) is 0 Å². The summed E-state index contributed by atoms with van der Waals surface area (Å²) < 4.78 is 0. The summed E-state index contributed by atoms with van der Waals surface area (Å²) in [6, 6.07) is 25.6. The molecule has 34 heavy (non-hydrogen) atoms. The van der Waals surface area contributed by atoms with Gasteiger partial charge in [0.1, 0.15) is 5.69 Å². The number of aryl methyl sites for hydroxylation is 2. The van der Waals surface area contributed by atoms with E-state index in [1.54, 1.807) is 0 Å². The number of fused-ring (bicyclic) bond motifs is 3. The van der Waals surface area contributed by atoms with Crippen LogP contribution in [-0.4, -0.2) is 21.0 Å². The predicted octanol–water partition coefficient (Wildman–Crippen LogP) is 5.09. The average molecular weight is 448 g/mol. The Morgan fingerprint density at radius 2 is 1.65 bits per heavy atom. The molecule has 5 rings (SSSR count). The summed E-state index contributed by atoms with van der Waals surface area (Å²) in [7, 11) is 0. The lowest BCUT2D eigenvalue weighted by Gasteiger charge is -2.21. The molecule has 2 N–H and O–H groups in total. The van der Waals surface area contributed by atoms with Gasteiger partial charge in [0.2, 0.25) is 5.91 Å². The van der Waals surface area contributed by atoms with Crippen molar-refractivity contribution in [3.05, 3.63) is 113 Å². The van der Waals surface area contributed by atoms with Gasteiger partial charge in [0.15, 0.2) is 5.82 Å². The third-order valence-corrected chi connectivity index (χ3v) is 5.93. The zero-order valence-electron chi connectivity index (χ0n) is 18.7. The molecule has 1 heterocycles. The van der Waals surface area contributed by atoms with Crippen molar-refractivity contribution in [2.75, 3.05) is 5.32 Å². The third kappa shape index (κ3) is 4.80. The number of aliphatic hydroxyl groups is 1. The quantitative estimate of drug-likeness (QED) is 0.432. The molecule has 0 aliphatic heterocycles. The molecule has 0 unspecified atom stereocenters. The molecule has 3 aromatic carbocycles. The molecule has 0 saturated heterocycles. The van der Waals surface area contributed by atoms with Crippen molar-refractivity contribution in [1.29, 1.82) is 0 Å². The monoisotopic (exact) mass is 447 g/mol. The van der Waals surface area contributed by atoms with Crippen molar-refractivity contribution in [2.45, 2.75) is 25.9 Å². The number of nitrogens with one attached hydrogen (secondary N) is 1. The van der Waals surface area contributed by atoms with Gasteiger partial charge in [-0.15, -0.1) is 0 Å². The number of aliphatic hydroxyl groups excluding tert-OH is 1. The van der Waals surface area contributed by atoms with Gasteiger partial charge in [-0.3, -0.25) is 4.79 Å². The molecule has 1 aromatic heterocycles. The van der Waals surface area contributed by atoms with Gasteiger partial charge in [-0.25, -0.2) is 9.97 Å². The molecule has 0 saturated carbocycles. The number of aromatic nitrogens is 2. The van der Waals surface area contributed by atoms with E-state index in [4.69, 9.17) is 9.97 Å². The second kappa shape index (κ2) is 9.81. The zero-order chi connectivity index (χ0) is 23.3. The fourth-order valence-corrected chi connectivity index (χ4v) is 4.21. The SMILES string of the molecule is O=C(Cc1ccccc1)Nc1nc2c(nc1C=Cc1ccccc1)-c1ccc(CO)cc1CC2. The van der Waals surface area contributed by atoms with E-state index >= 15 is 0 Å². The number of carbonyl (C=O) groups excluding carboxylic acids is 1. The Hall–Kier alpha value is -4.09. The highest BCUT2D eigenvalue weighted by Crippen LogP contribution is 2.34. The first-order chi connectivity index (χ1) is 16.7. The first-order valence-electron chi connectivity index (χ1n) is 11.4. The maximum absolute atomic E-state index is 12.8. The summed E-state index contributed by atoms with van der Waals surface area (Å²) in [5, 5.41) is 12.5. The van der Waals surface area contributed by atoms with Gasteiger partial charge < -0.3 is 10.4 Å². The molecule has 1 aliphatic carbocycles. The Bertz CT molecular complexity index is 1350. The van der Waals surface area contributed by atoms with Gasteiger partial charge in [-0.05, 0) is 41.2 Å². The van der Waals surface area contributed by atoms with Gasteiger partial charge in [0, 0.05) is 5.56 Å². The minimum Gasteiger partial charge on any atom is -0.392 e. The first-order valence-corrected chi connectivity index (χ1v) is 11.4. The number of nitrogens with zero attached hydrogens (tertiary/aromatic N) is 2. The van der Waals surface area contributed by atoms with Crippen LogP contribution in [0.2, 0.25) is 0 Å². The van der Waals surface area contributed by atoms with Crippen LogP contribution in [0.25, 0.3) is 23.4 Å². The lowest BCUT2D eigenvalue weighted by atomic mass is 9.90. The van der Waals surface area contributed by atoms with E-state index in [1.165, 1.54) is 0 Å². The van der Waals surface area contributed by atoms with Crippen molar-refractivity contribution in [2.24, 2.45) is 0 Å². The Morgan fingerprint density at radius 3 is 2.41 bits per heavy atom. The van der Waals surface area contributed by atoms with Crippen LogP contribution < -0.4 is 5.32 Å². The lowest BCUT2D eigenvalue weighted by Crippen LogP contribution is -2.19. The summed E-state index contributed by atoms with van der Waals surface area (Å²) >= 11 is 0. The van der Waals surface area contributed by atoms with Gasteiger partial charge in [-0.1, -0.05) is 84.9 Å².